The van der Waals surface area contributed by atoms with Gasteiger partial charge in [-0.25, -0.2) is 0 Å². The number of nitrogens with zero attached hydrogens (tertiary/aromatic N) is 1. The fraction of sp³-hybridized carbons (Fsp3) is 0.0833. The van der Waals surface area contributed by atoms with Gasteiger partial charge in [-0.1, -0.05) is 6.07 Å². The van der Waals surface area contributed by atoms with Gasteiger partial charge in [0.2, 0.25) is 0 Å². The van der Waals surface area contributed by atoms with Crippen LogP contribution in [-0.2, 0) is 6.18 Å². The Morgan fingerprint density at radius 3 is 2.24 bits per heavy atom. The third kappa shape index (κ3) is 2.55. The SMILES string of the molecule is O=c1ccn(-c2cccc(C(F)(F)F)c2)cc1. The zero-order valence-corrected chi connectivity index (χ0v) is 8.61. The smallest absolute Gasteiger partial charge is 0.324 e. The number of hydrogen-bond donors (Lipinski definition) is 0. The summed E-state index contributed by atoms with van der Waals surface area (Å²) in [4.78, 5) is 10.9. The van der Waals surface area contributed by atoms with Gasteiger partial charge in [0.1, 0.15) is 0 Å². The highest BCUT2D eigenvalue weighted by Crippen LogP contribution is 2.30. The lowest BCUT2D eigenvalue weighted by Crippen LogP contribution is -2.07. The number of hydrogen-bond acceptors (Lipinski definition) is 1. The van der Waals surface area contributed by atoms with E-state index >= 15 is 0 Å². The molecule has 0 N–H and O–H groups in total. The molecule has 0 spiro atoms. The van der Waals surface area contributed by atoms with E-state index in [1.807, 2.05) is 0 Å². The van der Waals surface area contributed by atoms with Gasteiger partial charge in [-0.2, -0.15) is 13.2 Å². The zero-order chi connectivity index (χ0) is 12.5. The molecule has 0 saturated carbocycles. The lowest BCUT2D eigenvalue weighted by Gasteiger charge is -2.10. The maximum absolute atomic E-state index is 12.5. The van der Waals surface area contributed by atoms with E-state index in [1.165, 1.54) is 35.2 Å². The molecular formula is C12H8F3NO. The third-order valence-corrected chi connectivity index (χ3v) is 2.27. The molecule has 0 radical (unpaired) electrons. The fourth-order valence-electron chi connectivity index (χ4n) is 1.43. The number of aromatic nitrogens is 1. The van der Waals surface area contributed by atoms with Crippen LogP contribution >= 0.6 is 0 Å². The Balaban J connectivity index is 2.47. The standard InChI is InChI=1S/C12H8F3NO/c13-12(14,15)9-2-1-3-10(8-9)16-6-4-11(17)5-7-16/h1-8H. The van der Waals surface area contributed by atoms with Crippen LogP contribution in [0.15, 0.2) is 53.6 Å². The second kappa shape index (κ2) is 4.08. The van der Waals surface area contributed by atoms with E-state index in [0.717, 1.165) is 12.1 Å². The second-order valence-electron chi connectivity index (χ2n) is 3.49. The quantitative estimate of drug-likeness (QED) is 0.750. The summed E-state index contributed by atoms with van der Waals surface area (Å²) in [5, 5.41) is 0. The van der Waals surface area contributed by atoms with Gasteiger partial charge < -0.3 is 4.57 Å². The predicted octanol–water partition coefficient (Wildman–Crippen LogP) is 2.86. The van der Waals surface area contributed by atoms with E-state index in [0.29, 0.717) is 5.69 Å². The molecule has 1 aromatic heterocycles. The first kappa shape index (κ1) is 11.4. The Kier molecular flexibility index (Phi) is 2.75. The van der Waals surface area contributed by atoms with Crippen LogP contribution < -0.4 is 5.43 Å². The number of pyridine rings is 1. The molecule has 0 aliphatic rings. The molecule has 0 aliphatic heterocycles. The number of rotatable bonds is 1. The number of benzene rings is 1. The Labute approximate surface area is 94.9 Å². The van der Waals surface area contributed by atoms with Crippen molar-refractivity contribution in [2.45, 2.75) is 6.18 Å². The van der Waals surface area contributed by atoms with Gasteiger partial charge in [0.05, 0.1) is 5.56 Å². The molecule has 88 valence electrons. The average Bonchev–Trinajstić information content (AvgIpc) is 2.29. The van der Waals surface area contributed by atoms with Crippen molar-refractivity contribution in [1.29, 1.82) is 0 Å². The van der Waals surface area contributed by atoms with Crippen LogP contribution in [0.1, 0.15) is 5.56 Å². The first-order valence-electron chi connectivity index (χ1n) is 4.83. The normalized spacial score (nSPS) is 11.5. The van der Waals surface area contributed by atoms with Crippen molar-refractivity contribution >= 4 is 0 Å². The molecule has 2 rings (SSSR count). The van der Waals surface area contributed by atoms with Gasteiger partial charge in [-0.05, 0) is 18.2 Å². The Morgan fingerprint density at radius 2 is 1.65 bits per heavy atom. The molecule has 0 saturated heterocycles. The van der Waals surface area contributed by atoms with Crippen molar-refractivity contribution in [3.05, 3.63) is 64.6 Å². The minimum atomic E-state index is -4.37. The van der Waals surface area contributed by atoms with Crippen LogP contribution in [0, 0.1) is 0 Å². The molecule has 0 amide bonds. The molecular weight excluding hydrogens is 231 g/mol. The molecule has 1 heterocycles. The maximum atomic E-state index is 12.5. The van der Waals surface area contributed by atoms with Crippen molar-refractivity contribution in [2.24, 2.45) is 0 Å². The van der Waals surface area contributed by atoms with Crippen LogP contribution in [0.3, 0.4) is 0 Å². The molecule has 5 heteroatoms. The maximum Gasteiger partial charge on any atom is 0.416 e. The molecule has 0 bridgehead atoms. The average molecular weight is 239 g/mol. The van der Waals surface area contributed by atoms with Crippen molar-refractivity contribution in [2.75, 3.05) is 0 Å². The summed E-state index contributed by atoms with van der Waals surface area (Å²) in [5.74, 6) is 0. The zero-order valence-electron chi connectivity index (χ0n) is 8.61. The number of halogens is 3. The summed E-state index contributed by atoms with van der Waals surface area (Å²) in [7, 11) is 0. The molecule has 17 heavy (non-hydrogen) atoms. The number of alkyl halides is 3. The monoisotopic (exact) mass is 239 g/mol. The molecule has 2 aromatic rings. The van der Waals surface area contributed by atoms with E-state index in [4.69, 9.17) is 0 Å². The first-order chi connectivity index (χ1) is 7.97. The van der Waals surface area contributed by atoms with E-state index in [2.05, 4.69) is 0 Å². The van der Waals surface area contributed by atoms with Crippen LogP contribution in [0.5, 0.6) is 0 Å². The van der Waals surface area contributed by atoms with Crippen LogP contribution in [-0.4, -0.2) is 4.57 Å². The summed E-state index contributed by atoms with van der Waals surface area (Å²) in [6.45, 7) is 0. The molecule has 0 unspecified atom stereocenters. The first-order valence-corrected chi connectivity index (χ1v) is 4.83. The largest absolute Gasteiger partial charge is 0.416 e. The van der Waals surface area contributed by atoms with E-state index < -0.39 is 11.7 Å². The Hall–Kier alpha value is -2.04. The molecule has 2 nitrogen and oxygen atoms in total. The summed E-state index contributed by atoms with van der Waals surface area (Å²) >= 11 is 0. The van der Waals surface area contributed by atoms with E-state index in [9.17, 15) is 18.0 Å². The van der Waals surface area contributed by atoms with Gasteiger partial charge >= 0.3 is 6.18 Å². The minimum Gasteiger partial charge on any atom is -0.324 e. The fourth-order valence-corrected chi connectivity index (χ4v) is 1.43. The molecule has 0 aliphatic carbocycles. The lowest BCUT2D eigenvalue weighted by molar-refractivity contribution is -0.137. The van der Waals surface area contributed by atoms with Gasteiger partial charge in [0, 0.05) is 30.2 Å². The highest BCUT2D eigenvalue weighted by atomic mass is 19.4. The van der Waals surface area contributed by atoms with Crippen LogP contribution in [0.2, 0.25) is 0 Å². The Morgan fingerprint density at radius 1 is 1.00 bits per heavy atom. The van der Waals surface area contributed by atoms with Gasteiger partial charge in [0.15, 0.2) is 5.43 Å². The highest BCUT2D eigenvalue weighted by molar-refractivity contribution is 5.37. The summed E-state index contributed by atoms with van der Waals surface area (Å²) in [5.41, 5.74) is -0.540. The van der Waals surface area contributed by atoms with Crippen molar-refractivity contribution in [3.8, 4) is 5.69 Å². The third-order valence-electron chi connectivity index (χ3n) is 2.27. The van der Waals surface area contributed by atoms with Crippen molar-refractivity contribution < 1.29 is 13.2 Å². The predicted molar refractivity (Wildman–Crippen MR) is 57.0 cm³/mol. The summed E-state index contributed by atoms with van der Waals surface area (Å²) in [6, 6.07) is 7.49. The highest BCUT2D eigenvalue weighted by Gasteiger charge is 2.30. The Bertz CT molecular complexity index is 566. The van der Waals surface area contributed by atoms with E-state index in [-0.39, 0.29) is 5.43 Å². The van der Waals surface area contributed by atoms with E-state index in [1.54, 1.807) is 6.07 Å². The van der Waals surface area contributed by atoms with Gasteiger partial charge in [-0.3, -0.25) is 4.79 Å². The summed E-state index contributed by atoms with van der Waals surface area (Å²) < 4.78 is 38.9. The molecule has 0 atom stereocenters. The van der Waals surface area contributed by atoms with Gasteiger partial charge in [0.25, 0.3) is 0 Å². The molecule has 1 aromatic carbocycles. The van der Waals surface area contributed by atoms with Crippen molar-refractivity contribution in [1.82, 2.24) is 4.57 Å². The minimum absolute atomic E-state index is 0.187. The lowest BCUT2D eigenvalue weighted by atomic mass is 10.2. The van der Waals surface area contributed by atoms with Gasteiger partial charge in [-0.15, -0.1) is 0 Å². The van der Waals surface area contributed by atoms with Crippen LogP contribution in [0.4, 0.5) is 13.2 Å². The van der Waals surface area contributed by atoms with Crippen LogP contribution in [0.25, 0.3) is 5.69 Å². The van der Waals surface area contributed by atoms with Crippen molar-refractivity contribution in [3.63, 3.8) is 0 Å². The molecule has 0 fully saturated rings. The second-order valence-corrected chi connectivity index (χ2v) is 3.49. The topological polar surface area (TPSA) is 22.0 Å². The summed E-state index contributed by atoms with van der Waals surface area (Å²) in [6.07, 6.45) is -1.51.